The molecule has 0 saturated carbocycles. The van der Waals surface area contributed by atoms with E-state index in [0.717, 1.165) is 16.8 Å². The molecule has 1 aromatic heterocycles. The number of carbonyl (C=O) groups is 1. The van der Waals surface area contributed by atoms with Crippen LogP contribution in [0.5, 0.6) is 0 Å². The zero-order valence-corrected chi connectivity index (χ0v) is 18.2. The van der Waals surface area contributed by atoms with Gasteiger partial charge in [-0.2, -0.15) is 4.98 Å². The number of rotatable bonds is 4. The van der Waals surface area contributed by atoms with Gasteiger partial charge in [0.1, 0.15) is 6.04 Å². The molecule has 1 aliphatic heterocycles. The highest BCUT2D eigenvalue weighted by atomic mass is 35.5. The van der Waals surface area contributed by atoms with E-state index in [2.05, 4.69) is 20.7 Å². The van der Waals surface area contributed by atoms with Gasteiger partial charge in [-0.3, -0.25) is 10.1 Å². The van der Waals surface area contributed by atoms with Crippen LogP contribution in [0.15, 0.2) is 84.9 Å². The predicted octanol–water partition coefficient (Wildman–Crippen LogP) is 5.89. The van der Waals surface area contributed by atoms with Crippen molar-refractivity contribution in [2.45, 2.75) is 6.04 Å². The van der Waals surface area contributed by atoms with E-state index in [1.807, 2.05) is 60.7 Å². The summed E-state index contributed by atoms with van der Waals surface area (Å²) in [6.45, 7) is 0. The van der Waals surface area contributed by atoms with Crippen LogP contribution in [0.2, 0.25) is 10.0 Å². The zero-order valence-electron chi connectivity index (χ0n) is 16.7. The highest BCUT2D eigenvalue weighted by Crippen LogP contribution is 2.36. The summed E-state index contributed by atoms with van der Waals surface area (Å²) in [5.74, 6) is 0.406. The van der Waals surface area contributed by atoms with Gasteiger partial charge in [0.2, 0.25) is 5.95 Å². The summed E-state index contributed by atoms with van der Waals surface area (Å²) in [5.41, 5.74) is 3.17. The highest BCUT2D eigenvalue weighted by Gasteiger charge is 2.27. The third-order valence-corrected chi connectivity index (χ3v) is 5.70. The number of nitrogens with zero attached hydrogens (tertiary/aromatic N) is 3. The third-order valence-electron chi connectivity index (χ3n) is 5.11. The summed E-state index contributed by atoms with van der Waals surface area (Å²) in [6, 6.07) is 23.7. The highest BCUT2D eigenvalue weighted by molar-refractivity contribution is 6.31. The van der Waals surface area contributed by atoms with Crippen molar-refractivity contribution in [1.29, 1.82) is 0 Å². The summed E-state index contributed by atoms with van der Waals surface area (Å²) in [4.78, 5) is 17.1. The molecule has 158 valence electrons. The molecule has 0 aliphatic carbocycles. The van der Waals surface area contributed by atoms with Crippen molar-refractivity contribution in [1.82, 2.24) is 14.8 Å². The number of aromatic nitrogens is 3. The van der Waals surface area contributed by atoms with E-state index in [9.17, 15) is 4.79 Å². The normalized spacial score (nSPS) is 14.8. The lowest BCUT2D eigenvalue weighted by Crippen LogP contribution is -2.20. The second kappa shape index (κ2) is 8.49. The van der Waals surface area contributed by atoms with E-state index >= 15 is 0 Å². The molecule has 1 atom stereocenters. The van der Waals surface area contributed by atoms with Gasteiger partial charge < -0.3 is 5.32 Å². The van der Waals surface area contributed by atoms with E-state index in [1.54, 1.807) is 28.9 Å². The van der Waals surface area contributed by atoms with Crippen LogP contribution in [-0.2, 0) is 0 Å². The van der Waals surface area contributed by atoms with Gasteiger partial charge in [0.15, 0.2) is 0 Å². The standard InChI is InChI=1S/C24H17Cl2N5O/c25-17-12-10-15(11-13-17)20-14-21(18-8-4-5-9-19(18)26)31-24(27-20)29-23(30-31)28-22(32)16-6-2-1-3-7-16/h1-14,21H,(H2,27,28,29,30,32). The van der Waals surface area contributed by atoms with Crippen molar-refractivity contribution in [3.05, 3.63) is 112 Å². The maximum Gasteiger partial charge on any atom is 0.258 e. The minimum atomic E-state index is -0.319. The minimum Gasteiger partial charge on any atom is -0.324 e. The van der Waals surface area contributed by atoms with E-state index in [0.29, 0.717) is 21.6 Å². The Hall–Kier alpha value is -3.61. The molecule has 0 bridgehead atoms. The first kappa shape index (κ1) is 20.3. The number of amides is 1. The van der Waals surface area contributed by atoms with Crippen LogP contribution >= 0.6 is 23.2 Å². The average molecular weight is 462 g/mol. The van der Waals surface area contributed by atoms with Crippen LogP contribution in [0.1, 0.15) is 27.5 Å². The second-order valence-electron chi connectivity index (χ2n) is 7.20. The fourth-order valence-electron chi connectivity index (χ4n) is 3.54. The Morgan fingerprint density at radius 1 is 0.938 bits per heavy atom. The molecule has 1 unspecified atom stereocenters. The van der Waals surface area contributed by atoms with Crippen molar-refractivity contribution in [2.24, 2.45) is 0 Å². The summed E-state index contributed by atoms with van der Waals surface area (Å²) >= 11 is 12.6. The third kappa shape index (κ3) is 3.98. The molecule has 6 nitrogen and oxygen atoms in total. The Balaban J connectivity index is 1.53. The van der Waals surface area contributed by atoms with Crippen LogP contribution < -0.4 is 10.6 Å². The number of carbonyl (C=O) groups excluding carboxylic acids is 1. The van der Waals surface area contributed by atoms with Gasteiger partial charge >= 0.3 is 0 Å². The van der Waals surface area contributed by atoms with Gasteiger partial charge in [-0.25, -0.2) is 4.68 Å². The average Bonchev–Trinajstić information content (AvgIpc) is 3.22. The van der Waals surface area contributed by atoms with Crippen LogP contribution in [-0.4, -0.2) is 20.7 Å². The minimum absolute atomic E-state index is 0.198. The lowest BCUT2D eigenvalue weighted by molar-refractivity contribution is 0.102. The molecule has 2 heterocycles. The summed E-state index contributed by atoms with van der Waals surface area (Å²) in [5, 5.41) is 11.9. The van der Waals surface area contributed by atoms with Crippen molar-refractivity contribution in [2.75, 3.05) is 10.6 Å². The number of anilines is 2. The summed E-state index contributed by atoms with van der Waals surface area (Å²) < 4.78 is 1.71. The van der Waals surface area contributed by atoms with Crippen LogP contribution in [0, 0.1) is 0 Å². The van der Waals surface area contributed by atoms with Crippen molar-refractivity contribution >= 4 is 46.7 Å². The van der Waals surface area contributed by atoms with E-state index < -0.39 is 0 Å². The lowest BCUT2D eigenvalue weighted by Gasteiger charge is -2.24. The van der Waals surface area contributed by atoms with E-state index in [-0.39, 0.29) is 17.9 Å². The van der Waals surface area contributed by atoms with Gasteiger partial charge in [0.25, 0.3) is 11.9 Å². The maximum atomic E-state index is 12.6. The first-order valence-corrected chi connectivity index (χ1v) is 10.7. The Morgan fingerprint density at radius 3 is 2.41 bits per heavy atom. The molecule has 0 radical (unpaired) electrons. The number of nitrogens with one attached hydrogen (secondary N) is 2. The SMILES string of the molecule is O=C(Nc1nc2n(n1)C(c1ccccc1Cl)C=C(c1ccc(Cl)cc1)N2)c1ccccc1. The first-order chi connectivity index (χ1) is 15.6. The number of benzene rings is 3. The number of allylic oxidation sites excluding steroid dienone is 1. The number of fused-ring (bicyclic) bond motifs is 1. The van der Waals surface area contributed by atoms with Gasteiger partial charge in [-0.15, -0.1) is 5.10 Å². The Labute approximate surface area is 194 Å². The van der Waals surface area contributed by atoms with Crippen LogP contribution in [0.4, 0.5) is 11.9 Å². The molecule has 3 aromatic carbocycles. The molecule has 2 N–H and O–H groups in total. The summed E-state index contributed by atoms with van der Waals surface area (Å²) in [7, 11) is 0. The zero-order chi connectivity index (χ0) is 22.1. The number of halogens is 2. The molecule has 0 spiro atoms. The predicted molar refractivity (Wildman–Crippen MR) is 127 cm³/mol. The topological polar surface area (TPSA) is 71.8 Å². The molecule has 1 amide bonds. The van der Waals surface area contributed by atoms with Gasteiger partial charge in [0.05, 0.1) is 0 Å². The molecule has 5 rings (SSSR count). The molecule has 8 heteroatoms. The quantitative estimate of drug-likeness (QED) is 0.397. The first-order valence-electron chi connectivity index (χ1n) is 9.90. The van der Waals surface area contributed by atoms with Crippen LogP contribution in [0.25, 0.3) is 5.70 Å². The second-order valence-corrected chi connectivity index (χ2v) is 8.05. The fraction of sp³-hybridized carbons (Fsp3) is 0.0417. The van der Waals surface area contributed by atoms with Gasteiger partial charge in [-0.05, 0) is 47.5 Å². The Morgan fingerprint density at radius 2 is 1.66 bits per heavy atom. The fourth-order valence-corrected chi connectivity index (χ4v) is 3.92. The van der Waals surface area contributed by atoms with Crippen molar-refractivity contribution in [3.8, 4) is 0 Å². The molecule has 4 aromatic rings. The monoisotopic (exact) mass is 461 g/mol. The number of hydrogen-bond donors (Lipinski definition) is 2. The molecule has 0 saturated heterocycles. The van der Waals surface area contributed by atoms with Crippen molar-refractivity contribution in [3.63, 3.8) is 0 Å². The molecular weight excluding hydrogens is 445 g/mol. The van der Waals surface area contributed by atoms with Gasteiger partial charge in [-0.1, -0.05) is 71.7 Å². The van der Waals surface area contributed by atoms with Gasteiger partial charge in [0, 0.05) is 21.3 Å². The maximum absolute atomic E-state index is 12.6. The lowest BCUT2D eigenvalue weighted by atomic mass is 10.0. The van der Waals surface area contributed by atoms with Crippen molar-refractivity contribution < 1.29 is 4.79 Å². The molecule has 0 fully saturated rings. The smallest absolute Gasteiger partial charge is 0.258 e. The molecular formula is C24H17Cl2N5O. The molecule has 1 aliphatic rings. The summed E-state index contributed by atoms with van der Waals surface area (Å²) in [6.07, 6.45) is 2.02. The Kier molecular flexibility index (Phi) is 5.39. The number of hydrogen-bond acceptors (Lipinski definition) is 4. The van der Waals surface area contributed by atoms with E-state index in [1.165, 1.54) is 0 Å². The Bertz CT molecular complexity index is 1320. The van der Waals surface area contributed by atoms with Crippen LogP contribution in [0.3, 0.4) is 0 Å². The largest absolute Gasteiger partial charge is 0.324 e. The van der Waals surface area contributed by atoms with E-state index in [4.69, 9.17) is 23.2 Å². The molecule has 32 heavy (non-hydrogen) atoms.